The van der Waals surface area contributed by atoms with Crippen LogP contribution in [0.15, 0.2) is 46.6 Å². The number of aliphatic imine (C=N–C) groups is 2. The molecule has 6 rings (SSSR count). The minimum Gasteiger partial charge on any atom is -0.491 e. The predicted molar refractivity (Wildman–Crippen MR) is 132 cm³/mol. The quantitative estimate of drug-likeness (QED) is 0.437. The SMILES string of the molecule is COc1c(OCCOC(=O)N2C[C@@H]3C[C@H]2C(=O)O3)ccc2c1N=C(NC(=O)c1cccnc1)N1CCN=C21. The lowest BCUT2D eigenvalue weighted by molar-refractivity contribution is -0.150. The van der Waals surface area contributed by atoms with Gasteiger partial charge in [-0.1, -0.05) is 0 Å². The average molecular weight is 521 g/mol. The monoisotopic (exact) mass is 520 g/mol. The fourth-order valence-electron chi connectivity index (χ4n) is 4.89. The summed E-state index contributed by atoms with van der Waals surface area (Å²) in [4.78, 5) is 53.4. The van der Waals surface area contributed by atoms with Crippen molar-refractivity contribution in [1.29, 1.82) is 0 Å². The van der Waals surface area contributed by atoms with Crippen LogP contribution < -0.4 is 14.8 Å². The van der Waals surface area contributed by atoms with Crippen molar-refractivity contribution in [2.75, 3.05) is 40.0 Å². The van der Waals surface area contributed by atoms with Crippen molar-refractivity contribution in [3.05, 3.63) is 47.8 Å². The van der Waals surface area contributed by atoms with E-state index in [4.69, 9.17) is 23.9 Å². The highest BCUT2D eigenvalue weighted by Crippen LogP contribution is 2.43. The van der Waals surface area contributed by atoms with Gasteiger partial charge in [0.15, 0.2) is 11.5 Å². The first-order valence-corrected chi connectivity index (χ1v) is 12.1. The van der Waals surface area contributed by atoms with Gasteiger partial charge in [-0.25, -0.2) is 14.6 Å². The molecule has 2 amide bonds. The summed E-state index contributed by atoms with van der Waals surface area (Å²) in [6, 6.07) is 6.34. The van der Waals surface area contributed by atoms with Gasteiger partial charge >= 0.3 is 12.1 Å². The van der Waals surface area contributed by atoms with E-state index in [2.05, 4.69) is 15.3 Å². The molecule has 38 heavy (non-hydrogen) atoms. The third kappa shape index (κ3) is 4.15. The van der Waals surface area contributed by atoms with Crippen molar-refractivity contribution in [3.63, 3.8) is 0 Å². The van der Waals surface area contributed by atoms with Gasteiger partial charge in [-0.2, -0.15) is 0 Å². The topological polar surface area (TPSA) is 144 Å². The zero-order chi connectivity index (χ0) is 26.2. The predicted octanol–water partition coefficient (Wildman–Crippen LogP) is 1.10. The van der Waals surface area contributed by atoms with Gasteiger partial charge in [-0.15, -0.1) is 0 Å². The molecule has 0 radical (unpaired) electrons. The number of guanidine groups is 1. The number of benzene rings is 1. The molecule has 0 spiro atoms. The Bertz CT molecular complexity index is 1360. The van der Waals surface area contributed by atoms with Crippen molar-refractivity contribution in [2.45, 2.75) is 18.6 Å². The molecule has 13 nitrogen and oxygen atoms in total. The summed E-state index contributed by atoms with van der Waals surface area (Å²) in [7, 11) is 1.50. The molecule has 1 aromatic heterocycles. The third-order valence-electron chi connectivity index (χ3n) is 6.62. The summed E-state index contributed by atoms with van der Waals surface area (Å²) in [5.74, 6) is 1.00. The van der Waals surface area contributed by atoms with Crippen LogP contribution in [0.1, 0.15) is 22.3 Å². The van der Waals surface area contributed by atoms with Crippen LogP contribution in [0.2, 0.25) is 0 Å². The number of amidine groups is 1. The number of esters is 1. The molecule has 0 saturated carbocycles. The second-order valence-electron chi connectivity index (χ2n) is 8.91. The van der Waals surface area contributed by atoms with Gasteiger partial charge in [0.25, 0.3) is 5.91 Å². The maximum absolute atomic E-state index is 12.8. The van der Waals surface area contributed by atoms with Gasteiger partial charge in [-0.3, -0.25) is 29.9 Å². The molecule has 13 heteroatoms. The Kier molecular flexibility index (Phi) is 6.02. The zero-order valence-electron chi connectivity index (χ0n) is 20.5. The van der Waals surface area contributed by atoms with Crippen LogP contribution in [-0.2, 0) is 14.3 Å². The summed E-state index contributed by atoms with van der Waals surface area (Å²) in [6.07, 6.45) is 2.75. The van der Waals surface area contributed by atoms with Crippen molar-refractivity contribution in [2.24, 2.45) is 9.98 Å². The minimum atomic E-state index is -0.576. The Morgan fingerprint density at radius 3 is 2.89 bits per heavy atom. The van der Waals surface area contributed by atoms with Crippen molar-refractivity contribution in [1.82, 2.24) is 20.1 Å². The molecule has 0 aliphatic carbocycles. The summed E-state index contributed by atoms with van der Waals surface area (Å²) in [5, 5.41) is 2.85. The van der Waals surface area contributed by atoms with Gasteiger partial charge in [0, 0.05) is 30.9 Å². The van der Waals surface area contributed by atoms with Gasteiger partial charge in [-0.05, 0) is 24.3 Å². The van der Waals surface area contributed by atoms with E-state index in [0.29, 0.717) is 60.6 Å². The van der Waals surface area contributed by atoms with Crippen LogP contribution in [0.25, 0.3) is 0 Å². The molecule has 1 aromatic carbocycles. The molecule has 2 bridgehead atoms. The zero-order valence-corrected chi connectivity index (χ0v) is 20.5. The molecule has 2 fully saturated rings. The Balaban J connectivity index is 1.16. The summed E-state index contributed by atoms with van der Waals surface area (Å²) in [5.41, 5.74) is 1.61. The first-order valence-electron chi connectivity index (χ1n) is 12.1. The van der Waals surface area contributed by atoms with Crippen molar-refractivity contribution in [3.8, 4) is 11.5 Å². The minimum absolute atomic E-state index is 0.0296. The Hall–Kier alpha value is -4.68. The molecule has 4 aliphatic rings. The van der Waals surface area contributed by atoms with E-state index in [1.54, 1.807) is 24.4 Å². The van der Waals surface area contributed by atoms with Crippen LogP contribution in [-0.4, -0.2) is 96.7 Å². The third-order valence-corrected chi connectivity index (χ3v) is 6.62. The van der Waals surface area contributed by atoms with Gasteiger partial charge < -0.3 is 18.9 Å². The molecular weight excluding hydrogens is 496 g/mol. The normalized spacial score (nSPS) is 20.7. The molecular formula is C25H24N6O7. The Morgan fingerprint density at radius 2 is 2.13 bits per heavy atom. The van der Waals surface area contributed by atoms with Crippen LogP contribution in [0.4, 0.5) is 10.5 Å². The van der Waals surface area contributed by atoms with Crippen LogP contribution in [0.5, 0.6) is 11.5 Å². The van der Waals surface area contributed by atoms with Gasteiger partial charge in [0.05, 0.1) is 25.8 Å². The number of hydrogen-bond acceptors (Lipinski definition) is 11. The Morgan fingerprint density at radius 1 is 1.24 bits per heavy atom. The van der Waals surface area contributed by atoms with E-state index in [0.717, 1.165) is 5.56 Å². The number of carbonyl (C=O) groups excluding carboxylic acids is 3. The van der Waals surface area contributed by atoms with E-state index in [9.17, 15) is 14.4 Å². The largest absolute Gasteiger partial charge is 0.491 e. The molecule has 2 saturated heterocycles. The number of fused-ring (bicyclic) bond motifs is 5. The van der Waals surface area contributed by atoms with E-state index < -0.39 is 18.1 Å². The van der Waals surface area contributed by atoms with E-state index in [1.807, 2.05) is 11.0 Å². The maximum atomic E-state index is 12.8. The number of ether oxygens (including phenoxy) is 4. The van der Waals surface area contributed by atoms with Crippen LogP contribution in [0.3, 0.4) is 0 Å². The summed E-state index contributed by atoms with van der Waals surface area (Å²) < 4.78 is 21.9. The van der Waals surface area contributed by atoms with Crippen LogP contribution in [0, 0.1) is 0 Å². The summed E-state index contributed by atoms with van der Waals surface area (Å²) >= 11 is 0. The number of nitrogens with zero attached hydrogens (tertiary/aromatic N) is 5. The summed E-state index contributed by atoms with van der Waals surface area (Å²) in [6.45, 7) is 1.49. The first-order chi connectivity index (χ1) is 18.5. The molecule has 1 N–H and O–H groups in total. The van der Waals surface area contributed by atoms with E-state index in [-0.39, 0.29) is 25.2 Å². The molecule has 2 aromatic rings. The second-order valence-corrected chi connectivity index (χ2v) is 8.91. The lowest BCUT2D eigenvalue weighted by Crippen LogP contribution is -2.47. The second kappa shape index (κ2) is 9.65. The standard InChI is InChI=1S/C25H24N6O7/c1-35-20-18(36-9-10-37-25(34)31-13-15-11-17(31)23(33)38-15)5-4-16-19(20)28-24(30-8-7-27-21(16)30)29-22(32)14-3-2-6-26-12-14/h2-6,12,15,17H,7-11,13H2,1H3,(H,28,29,32)/t15-,17-/m0/s1. The number of likely N-dealkylation sites (tertiary alicyclic amines) is 1. The van der Waals surface area contributed by atoms with E-state index >= 15 is 0 Å². The number of pyridine rings is 1. The molecule has 5 heterocycles. The maximum Gasteiger partial charge on any atom is 0.410 e. The lowest BCUT2D eigenvalue weighted by atomic mass is 10.1. The number of aromatic nitrogens is 1. The number of morpholine rings is 1. The number of amides is 2. The first kappa shape index (κ1) is 23.7. The molecule has 0 unspecified atom stereocenters. The molecule has 4 aliphatic heterocycles. The Labute approximate surface area is 217 Å². The highest BCUT2D eigenvalue weighted by molar-refractivity contribution is 6.20. The van der Waals surface area contributed by atoms with Crippen molar-refractivity contribution >= 4 is 35.5 Å². The number of hydrogen-bond donors (Lipinski definition) is 1. The fourth-order valence-corrected chi connectivity index (χ4v) is 4.89. The fraction of sp³-hybridized carbons (Fsp3) is 0.360. The highest BCUT2D eigenvalue weighted by Gasteiger charge is 2.49. The average Bonchev–Trinajstić information content (AvgIpc) is 3.67. The van der Waals surface area contributed by atoms with Gasteiger partial charge in [0.1, 0.15) is 36.9 Å². The highest BCUT2D eigenvalue weighted by atomic mass is 16.6. The smallest absolute Gasteiger partial charge is 0.410 e. The number of methoxy groups -OCH3 is 1. The van der Waals surface area contributed by atoms with Crippen LogP contribution >= 0.6 is 0 Å². The number of carbonyl (C=O) groups is 3. The lowest BCUT2D eigenvalue weighted by Gasteiger charge is -2.28. The van der Waals surface area contributed by atoms with Crippen molar-refractivity contribution < 1.29 is 33.3 Å². The van der Waals surface area contributed by atoms with E-state index in [1.165, 1.54) is 18.2 Å². The molecule has 2 atom stereocenters. The van der Waals surface area contributed by atoms with Gasteiger partial charge in [0.2, 0.25) is 5.96 Å². The number of rotatable bonds is 6. The number of nitrogens with one attached hydrogen (secondary N) is 1. The molecule has 196 valence electrons.